The molecule has 0 radical (unpaired) electrons. The first-order valence-corrected chi connectivity index (χ1v) is 11.3. The molecule has 0 spiro atoms. The van der Waals surface area contributed by atoms with Gasteiger partial charge in [-0.2, -0.15) is 0 Å². The summed E-state index contributed by atoms with van der Waals surface area (Å²) in [6.07, 6.45) is 12.5. The third kappa shape index (κ3) is 4.52. The van der Waals surface area contributed by atoms with E-state index in [1.807, 2.05) is 0 Å². The van der Waals surface area contributed by atoms with Crippen molar-refractivity contribution in [2.45, 2.75) is 83.2 Å². The van der Waals surface area contributed by atoms with Gasteiger partial charge in [0, 0.05) is 0 Å². The zero-order chi connectivity index (χ0) is 18.6. The van der Waals surface area contributed by atoms with Crippen LogP contribution in [0.5, 0.6) is 0 Å². The molecule has 2 aliphatic rings. The third-order valence-electron chi connectivity index (χ3n) is 5.90. The van der Waals surface area contributed by atoms with Gasteiger partial charge in [0.05, 0.1) is 0 Å². The number of hydrogen-bond acceptors (Lipinski definition) is 3. The Hall–Kier alpha value is -1.45. The van der Waals surface area contributed by atoms with Crippen LogP contribution in [0.2, 0.25) is 0 Å². The summed E-state index contributed by atoms with van der Waals surface area (Å²) in [5, 5.41) is 0. The molecule has 5 heteroatoms. The van der Waals surface area contributed by atoms with Gasteiger partial charge < -0.3 is 0 Å². The molecule has 2 fully saturated rings. The topological polar surface area (TPSA) is 43.3 Å². The zero-order valence-electron chi connectivity index (χ0n) is 16.2. The average Bonchev–Trinajstić information content (AvgIpc) is 2.70. The molecule has 0 atom stereocenters. The van der Waals surface area contributed by atoms with E-state index in [4.69, 9.17) is 14.4 Å². The molecule has 4 nitrogen and oxygen atoms in total. The van der Waals surface area contributed by atoms with Gasteiger partial charge in [-0.25, -0.2) is 0 Å². The molecule has 0 N–H and O–H groups in total. The average molecular weight is 430 g/mol. The molecule has 2 aromatic rings. The first-order chi connectivity index (χ1) is 13.2. The van der Waals surface area contributed by atoms with E-state index in [1.54, 1.807) is 0 Å². The van der Waals surface area contributed by atoms with Crippen molar-refractivity contribution in [3.05, 3.63) is 39.8 Å². The normalized spacial score (nSPS) is 20.1. The van der Waals surface area contributed by atoms with Gasteiger partial charge in [-0.1, -0.05) is 0 Å². The van der Waals surface area contributed by atoms with Crippen molar-refractivity contribution in [2.24, 2.45) is 4.99 Å². The van der Waals surface area contributed by atoms with Crippen LogP contribution in [0.1, 0.15) is 75.8 Å². The van der Waals surface area contributed by atoms with Crippen LogP contribution in [0.3, 0.4) is 0 Å². The standard InChI is InChI=1S/C22H29N3OSe/c1-16-12-14-17(15-13-16)20-24-22(27)25(19-10-6-3-7-11-19)21(26-20)23-18-8-4-2-5-9-18/h12-15,18-19H,2-11H2,1H3. The molecule has 2 saturated carbocycles. The van der Waals surface area contributed by atoms with Crippen LogP contribution in [0.25, 0.3) is 11.5 Å². The second kappa shape index (κ2) is 8.70. The van der Waals surface area contributed by atoms with E-state index in [1.165, 1.54) is 69.8 Å². The summed E-state index contributed by atoms with van der Waals surface area (Å²) in [7, 11) is 0. The van der Waals surface area contributed by atoms with Crippen LogP contribution in [0.15, 0.2) is 33.7 Å². The minimum absolute atomic E-state index is 0.380. The Morgan fingerprint density at radius 2 is 1.59 bits per heavy atom. The van der Waals surface area contributed by atoms with Crippen LogP contribution < -0.4 is 5.68 Å². The monoisotopic (exact) mass is 431 g/mol. The zero-order valence-corrected chi connectivity index (χ0v) is 17.9. The van der Waals surface area contributed by atoms with Crippen LogP contribution in [0.4, 0.5) is 0 Å². The fourth-order valence-corrected chi connectivity index (χ4v) is 4.96. The van der Waals surface area contributed by atoms with Crippen LogP contribution in [-0.4, -0.2) is 31.2 Å². The van der Waals surface area contributed by atoms with Gasteiger partial charge in [0.1, 0.15) is 0 Å². The molecule has 0 saturated heterocycles. The van der Waals surface area contributed by atoms with Gasteiger partial charge in [0.2, 0.25) is 0 Å². The van der Waals surface area contributed by atoms with E-state index in [2.05, 4.69) is 51.3 Å². The van der Waals surface area contributed by atoms with Crippen molar-refractivity contribution in [1.29, 1.82) is 0 Å². The number of hydrogen-bond donors (Lipinski definition) is 0. The Labute approximate surface area is 169 Å². The second-order valence-electron chi connectivity index (χ2n) is 8.03. The molecular formula is C22H29N3OSe. The van der Waals surface area contributed by atoms with E-state index < -0.39 is 0 Å². The molecule has 1 aromatic carbocycles. The molecule has 2 aliphatic carbocycles. The number of benzene rings is 1. The van der Waals surface area contributed by atoms with E-state index in [0.29, 0.717) is 18.0 Å². The van der Waals surface area contributed by atoms with Crippen LogP contribution in [-0.2, 0) is 0 Å². The first-order valence-electron chi connectivity index (χ1n) is 10.5. The molecule has 4 rings (SSSR count). The summed E-state index contributed by atoms with van der Waals surface area (Å²) in [5.41, 5.74) is 3.00. The van der Waals surface area contributed by atoms with Gasteiger partial charge >= 0.3 is 169 Å². The Kier molecular flexibility index (Phi) is 6.09. The number of aromatic nitrogens is 2. The fourth-order valence-electron chi connectivity index (χ4n) is 4.31. The molecule has 0 amide bonds. The van der Waals surface area contributed by atoms with Crippen molar-refractivity contribution in [2.75, 3.05) is 0 Å². The van der Waals surface area contributed by atoms with Gasteiger partial charge in [-0.3, -0.25) is 0 Å². The van der Waals surface area contributed by atoms with Crippen LogP contribution in [0, 0.1) is 11.2 Å². The third-order valence-corrected chi connectivity index (χ3v) is 6.51. The molecule has 1 heterocycles. The van der Waals surface area contributed by atoms with E-state index in [0.717, 1.165) is 15.6 Å². The summed E-state index contributed by atoms with van der Waals surface area (Å²) in [4.78, 5) is 9.88. The second-order valence-corrected chi connectivity index (χ2v) is 8.80. The van der Waals surface area contributed by atoms with Gasteiger partial charge in [-0.05, 0) is 0 Å². The Morgan fingerprint density at radius 1 is 0.963 bits per heavy atom. The fraction of sp³-hybridized carbons (Fsp3) is 0.591. The molecule has 1 aromatic heterocycles. The van der Waals surface area contributed by atoms with E-state index in [-0.39, 0.29) is 0 Å². The van der Waals surface area contributed by atoms with Crippen molar-refractivity contribution < 1.29 is 4.42 Å². The van der Waals surface area contributed by atoms with Crippen molar-refractivity contribution >= 4 is 15.6 Å². The Balaban J connectivity index is 1.81. The molecule has 144 valence electrons. The van der Waals surface area contributed by atoms with Gasteiger partial charge in [0.15, 0.2) is 0 Å². The SMILES string of the molecule is Cc1ccc(-c2nc(=[Se])n(C3CCCCC3)c(=NC3CCCCC3)o2)cc1. The number of rotatable bonds is 3. The minimum atomic E-state index is 0.380. The molecule has 27 heavy (non-hydrogen) atoms. The maximum absolute atomic E-state index is 6.34. The summed E-state index contributed by atoms with van der Waals surface area (Å²) in [6.45, 7) is 2.10. The molecular weight excluding hydrogens is 401 g/mol. The summed E-state index contributed by atoms with van der Waals surface area (Å²) < 4.78 is 9.48. The van der Waals surface area contributed by atoms with E-state index >= 15 is 0 Å². The Morgan fingerprint density at radius 3 is 2.26 bits per heavy atom. The van der Waals surface area contributed by atoms with Crippen LogP contribution >= 0.6 is 0 Å². The molecule has 0 bridgehead atoms. The first kappa shape index (κ1) is 18.9. The summed E-state index contributed by atoms with van der Waals surface area (Å²) in [5.74, 6) is 0.658. The van der Waals surface area contributed by atoms with Gasteiger partial charge in [-0.15, -0.1) is 0 Å². The summed E-state index contributed by atoms with van der Waals surface area (Å²) in [6, 6.07) is 9.19. The quantitative estimate of drug-likeness (QED) is 0.651. The van der Waals surface area contributed by atoms with Gasteiger partial charge in [0.25, 0.3) is 0 Å². The number of aryl methyl sites for hydroxylation is 1. The van der Waals surface area contributed by atoms with E-state index in [9.17, 15) is 0 Å². The van der Waals surface area contributed by atoms with Crippen molar-refractivity contribution in [3.63, 3.8) is 0 Å². The Bertz CT molecular complexity index is 885. The predicted molar refractivity (Wildman–Crippen MR) is 108 cm³/mol. The molecule has 0 unspecified atom stereocenters. The summed E-state index contributed by atoms with van der Waals surface area (Å²) >= 11 is 3.20. The maximum atomic E-state index is 6.34. The predicted octanol–water partition coefficient (Wildman–Crippen LogP) is 4.89. The molecule has 0 aliphatic heterocycles. The van der Waals surface area contributed by atoms with Crippen molar-refractivity contribution in [1.82, 2.24) is 9.55 Å². The number of nitrogens with zero attached hydrogens (tertiary/aromatic N) is 3. The van der Waals surface area contributed by atoms with Crippen molar-refractivity contribution in [3.8, 4) is 11.5 Å².